The highest BCUT2D eigenvalue weighted by Crippen LogP contribution is 2.32. The van der Waals surface area contributed by atoms with Crippen LogP contribution in [-0.4, -0.2) is 110 Å². The van der Waals surface area contributed by atoms with E-state index in [9.17, 15) is 24.0 Å². The third kappa shape index (κ3) is 9.76. The summed E-state index contributed by atoms with van der Waals surface area (Å²) in [6.07, 6.45) is -0.303. The molecule has 3 rings (SSSR count). The summed E-state index contributed by atoms with van der Waals surface area (Å²) in [4.78, 5) is 65.6. The molecule has 1 aromatic carbocycles. The van der Waals surface area contributed by atoms with Crippen molar-refractivity contribution in [1.29, 1.82) is 0 Å². The van der Waals surface area contributed by atoms with Crippen LogP contribution in [0.25, 0.3) is 0 Å². The molecule has 2 heterocycles. The molecule has 1 aromatic rings. The monoisotopic (exact) mass is 591 g/mol. The molecule has 14 nitrogen and oxygen atoms in total. The summed E-state index contributed by atoms with van der Waals surface area (Å²) in [5.41, 5.74) is 5.90. The van der Waals surface area contributed by atoms with Gasteiger partial charge < -0.3 is 34.9 Å². The highest BCUT2D eigenvalue weighted by Gasteiger charge is 2.40. The van der Waals surface area contributed by atoms with Gasteiger partial charge >= 0.3 is 6.09 Å². The number of carbonyl (C=O) groups is 5. The second-order valence-electron chi connectivity index (χ2n) is 10.8. The summed E-state index contributed by atoms with van der Waals surface area (Å²) in [6, 6.07) is 4.14. The number of nitrogens with two attached hydrogens (primary N) is 1. The van der Waals surface area contributed by atoms with E-state index in [4.69, 9.17) is 24.7 Å². The Labute approximate surface area is 245 Å². The average molecular weight is 592 g/mol. The highest BCUT2D eigenvalue weighted by molar-refractivity contribution is 6.07. The van der Waals surface area contributed by atoms with Crippen LogP contribution in [0.3, 0.4) is 0 Å². The van der Waals surface area contributed by atoms with Crippen molar-refractivity contribution in [2.75, 3.05) is 64.6 Å². The zero-order chi connectivity index (χ0) is 30.7. The van der Waals surface area contributed by atoms with E-state index in [0.29, 0.717) is 56.4 Å². The maximum Gasteiger partial charge on any atom is 0.410 e. The summed E-state index contributed by atoms with van der Waals surface area (Å²) in [5.74, 6) is -1.74. The first-order valence-electron chi connectivity index (χ1n) is 14.0. The minimum Gasteiger partial charge on any atom is -0.444 e. The number of fused-ring (bicyclic) bond motifs is 1. The molecule has 0 radical (unpaired) electrons. The molecular formula is C28H41N5O9. The van der Waals surface area contributed by atoms with Gasteiger partial charge in [0.15, 0.2) is 0 Å². The fourth-order valence-corrected chi connectivity index (χ4v) is 4.43. The fraction of sp³-hybridized carbons (Fsp3) is 0.607. The van der Waals surface area contributed by atoms with Crippen LogP contribution in [0, 0.1) is 0 Å². The molecule has 5 amide bonds. The molecule has 1 fully saturated rings. The topological polar surface area (TPSA) is 179 Å². The molecule has 0 aromatic heterocycles. The normalized spacial score (nSPS) is 16.7. The third-order valence-electron chi connectivity index (χ3n) is 6.35. The lowest BCUT2D eigenvalue weighted by molar-refractivity contribution is -0.137. The van der Waals surface area contributed by atoms with E-state index in [1.54, 1.807) is 39.0 Å². The second-order valence-corrected chi connectivity index (χ2v) is 10.8. The van der Waals surface area contributed by atoms with Gasteiger partial charge in [-0.05, 0) is 39.3 Å². The summed E-state index contributed by atoms with van der Waals surface area (Å²) >= 11 is 0. The number of anilines is 1. The van der Waals surface area contributed by atoms with E-state index in [1.807, 2.05) is 0 Å². The summed E-state index contributed by atoms with van der Waals surface area (Å²) in [7, 11) is 0. The number of benzene rings is 1. The molecule has 0 aliphatic carbocycles. The van der Waals surface area contributed by atoms with Crippen molar-refractivity contribution < 1.29 is 42.9 Å². The molecule has 42 heavy (non-hydrogen) atoms. The number of ether oxygens (including phenoxy) is 4. The van der Waals surface area contributed by atoms with Gasteiger partial charge in [-0.25, -0.2) is 4.79 Å². The zero-order valence-corrected chi connectivity index (χ0v) is 24.4. The maximum atomic E-state index is 13.1. The largest absolute Gasteiger partial charge is 0.444 e. The highest BCUT2D eigenvalue weighted by atomic mass is 16.6. The molecule has 2 aliphatic rings. The molecular weight excluding hydrogens is 550 g/mol. The molecule has 14 heteroatoms. The first-order valence-corrected chi connectivity index (χ1v) is 14.0. The van der Waals surface area contributed by atoms with Crippen molar-refractivity contribution in [2.24, 2.45) is 5.73 Å². The van der Waals surface area contributed by atoms with Crippen LogP contribution in [0.15, 0.2) is 18.2 Å². The van der Waals surface area contributed by atoms with Gasteiger partial charge in [-0.1, -0.05) is 6.07 Å². The van der Waals surface area contributed by atoms with E-state index in [-0.39, 0.29) is 50.9 Å². The number of hydrogen-bond donors (Lipinski definition) is 3. The van der Waals surface area contributed by atoms with Gasteiger partial charge in [0.05, 0.1) is 39.6 Å². The first kappa shape index (κ1) is 32.9. The number of imide groups is 1. The van der Waals surface area contributed by atoms with Gasteiger partial charge in [-0.2, -0.15) is 0 Å². The molecule has 0 saturated carbocycles. The van der Waals surface area contributed by atoms with Gasteiger partial charge in [0.1, 0.15) is 18.2 Å². The minimum absolute atomic E-state index is 0.0939. The van der Waals surface area contributed by atoms with Crippen molar-refractivity contribution >= 4 is 35.4 Å². The average Bonchev–Trinajstić information content (AvgIpc) is 3.25. The number of nitrogens with zero attached hydrogens (tertiary/aromatic N) is 2. The Morgan fingerprint density at radius 1 is 1.05 bits per heavy atom. The van der Waals surface area contributed by atoms with Crippen molar-refractivity contribution in [3.63, 3.8) is 0 Å². The molecule has 4 N–H and O–H groups in total. The maximum absolute atomic E-state index is 13.1. The quantitative estimate of drug-likeness (QED) is 0.194. The summed E-state index contributed by atoms with van der Waals surface area (Å²) in [6.45, 7) is 7.61. The van der Waals surface area contributed by atoms with Crippen LogP contribution >= 0.6 is 0 Å². The van der Waals surface area contributed by atoms with Gasteiger partial charge in [0, 0.05) is 42.9 Å². The Hall–Kier alpha value is -3.59. The molecule has 0 spiro atoms. The van der Waals surface area contributed by atoms with Gasteiger partial charge in [-0.15, -0.1) is 0 Å². The SMILES string of the molecule is CC(C)(C)OC(=O)N(CCOCCOCCOCCN)CC(=O)Nc1cccc2c1CN(C1CCC(=O)NC1=O)C2=O. The Bertz CT molecular complexity index is 1140. The summed E-state index contributed by atoms with van der Waals surface area (Å²) in [5, 5.41) is 5.06. The van der Waals surface area contributed by atoms with Crippen LogP contribution in [0.5, 0.6) is 0 Å². The van der Waals surface area contributed by atoms with E-state index in [1.165, 1.54) is 9.80 Å². The van der Waals surface area contributed by atoms with Crippen LogP contribution in [0.4, 0.5) is 10.5 Å². The molecule has 232 valence electrons. The zero-order valence-electron chi connectivity index (χ0n) is 24.4. The van der Waals surface area contributed by atoms with Crippen molar-refractivity contribution in [1.82, 2.24) is 15.1 Å². The van der Waals surface area contributed by atoms with Crippen LogP contribution in [-0.2, 0) is 39.9 Å². The lowest BCUT2D eigenvalue weighted by Gasteiger charge is -2.29. The smallest absolute Gasteiger partial charge is 0.410 e. The number of nitrogens with one attached hydrogen (secondary N) is 2. The van der Waals surface area contributed by atoms with E-state index >= 15 is 0 Å². The van der Waals surface area contributed by atoms with Gasteiger partial charge in [0.2, 0.25) is 17.7 Å². The van der Waals surface area contributed by atoms with Gasteiger partial charge in [-0.3, -0.25) is 29.4 Å². The number of piperidine rings is 1. The first-order chi connectivity index (χ1) is 20.0. The Balaban J connectivity index is 1.56. The number of hydrogen-bond acceptors (Lipinski definition) is 10. The molecule has 1 saturated heterocycles. The fourth-order valence-electron chi connectivity index (χ4n) is 4.43. The van der Waals surface area contributed by atoms with Crippen molar-refractivity contribution in [2.45, 2.75) is 51.8 Å². The van der Waals surface area contributed by atoms with Crippen molar-refractivity contribution in [3.8, 4) is 0 Å². The minimum atomic E-state index is -0.774. The Kier molecular flexibility index (Phi) is 12.2. The standard InChI is InChI=1S/C28H41N5O9/c1-28(2,3)42-27(38)32(10-12-40-14-16-41-15-13-39-11-9-29)18-24(35)30-21-6-4-5-19-20(21)17-33(26(19)37)22-7-8-23(34)31-25(22)36/h4-6,22H,7-18,29H2,1-3H3,(H,30,35)(H,31,34,36). The van der Waals surface area contributed by atoms with Crippen LogP contribution < -0.4 is 16.4 Å². The Morgan fingerprint density at radius 3 is 2.36 bits per heavy atom. The van der Waals surface area contributed by atoms with Gasteiger partial charge in [0.25, 0.3) is 5.91 Å². The number of amides is 5. The van der Waals surface area contributed by atoms with E-state index in [2.05, 4.69) is 10.6 Å². The van der Waals surface area contributed by atoms with Crippen LogP contribution in [0.1, 0.15) is 49.5 Å². The molecule has 1 atom stereocenters. The predicted molar refractivity (Wildman–Crippen MR) is 150 cm³/mol. The van der Waals surface area contributed by atoms with Crippen LogP contribution in [0.2, 0.25) is 0 Å². The predicted octanol–water partition coefficient (Wildman–Crippen LogP) is 0.632. The number of rotatable bonds is 15. The Morgan fingerprint density at radius 2 is 1.71 bits per heavy atom. The second kappa shape index (κ2) is 15.6. The lowest BCUT2D eigenvalue weighted by Crippen LogP contribution is -2.52. The van der Waals surface area contributed by atoms with Crippen molar-refractivity contribution in [3.05, 3.63) is 29.3 Å². The number of carbonyl (C=O) groups excluding carboxylic acids is 5. The van der Waals surface area contributed by atoms with E-state index < -0.39 is 29.6 Å². The lowest BCUT2D eigenvalue weighted by atomic mass is 10.0. The molecule has 1 unspecified atom stereocenters. The third-order valence-corrected chi connectivity index (χ3v) is 6.35. The molecule has 0 bridgehead atoms. The molecule has 2 aliphatic heterocycles. The van der Waals surface area contributed by atoms with E-state index in [0.717, 1.165) is 0 Å². The summed E-state index contributed by atoms with van der Waals surface area (Å²) < 4.78 is 21.7.